The molecule has 0 saturated heterocycles. The Kier molecular flexibility index (Phi) is 5.45. The first-order chi connectivity index (χ1) is 10.4. The molecule has 0 fully saturated rings. The van der Waals surface area contributed by atoms with Gasteiger partial charge in [-0.3, -0.25) is 0 Å². The smallest absolute Gasteiger partial charge is 0.448 e. The highest BCUT2D eigenvalue weighted by molar-refractivity contribution is 7.19. The number of thiazole rings is 1. The molecule has 1 aromatic carbocycles. The van der Waals surface area contributed by atoms with Gasteiger partial charge in [-0.25, -0.2) is 4.98 Å². The monoisotopic (exact) mass is 329 g/mol. The molecule has 1 heterocycles. The van der Waals surface area contributed by atoms with E-state index in [4.69, 9.17) is 5.11 Å². The van der Waals surface area contributed by atoms with Crippen molar-refractivity contribution in [2.24, 2.45) is 0 Å². The molecule has 6 heteroatoms. The zero-order valence-corrected chi connectivity index (χ0v) is 13.1. The van der Waals surface area contributed by atoms with Gasteiger partial charge in [0.05, 0.1) is 10.2 Å². The number of hydrogen-bond donors (Lipinski definition) is 1. The maximum absolute atomic E-state index is 12.3. The Morgan fingerprint density at radius 3 is 2.73 bits per heavy atom. The van der Waals surface area contributed by atoms with Gasteiger partial charge in [-0.1, -0.05) is 32.3 Å². The first kappa shape index (κ1) is 16.8. The van der Waals surface area contributed by atoms with Gasteiger partial charge in [0.15, 0.2) is 0 Å². The number of aliphatic hydroxyl groups is 1. The number of aryl methyl sites for hydroxylation is 1. The Labute approximate surface area is 131 Å². The molecule has 0 atom stereocenters. The molecule has 1 aromatic heterocycles. The SMILES string of the molecule is CCCCCCc1ccc2nc(C=C(O)C(F)(F)F)sc2c1. The zero-order chi connectivity index (χ0) is 16.2. The average Bonchev–Trinajstić information content (AvgIpc) is 2.84. The lowest BCUT2D eigenvalue weighted by Crippen LogP contribution is -2.10. The summed E-state index contributed by atoms with van der Waals surface area (Å²) in [6.07, 6.45) is 1.60. The Morgan fingerprint density at radius 2 is 2.05 bits per heavy atom. The van der Waals surface area contributed by atoms with Gasteiger partial charge >= 0.3 is 6.18 Å². The van der Waals surface area contributed by atoms with Gasteiger partial charge < -0.3 is 5.11 Å². The molecule has 2 aromatic rings. The summed E-state index contributed by atoms with van der Waals surface area (Å²) in [4.78, 5) is 4.10. The van der Waals surface area contributed by atoms with Crippen LogP contribution in [-0.4, -0.2) is 16.3 Å². The van der Waals surface area contributed by atoms with E-state index in [2.05, 4.69) is 11.9 Å². The van der Waals surface area contributed by atoms with Crippen LogP contribution in [0.2, 0.25) is 0 Å². The second-order valence-electron chi connectivity index (χ2n) is 5.19. The fourth-order valence-corrected chi connectivity index (χ4v) is 3.13. The molecule has 120 valence electrons. The Morgan fingerprint density at radius 1 is 1.27 bits per heavy atom. The average molecular weight is 329 g/mol. The largest absolute Gasteiger partial charge is 0.504 e. The number of halogens is 3. The number of aromatic nitrogens is 1. The summed E-state index contributed by atoms with van der Waals surface area (Å²) in [5.74, 6) is -1.62. The number of benzene rings is 1. The van der Waals surface area contributed by atoms with E-state index in [1.807, 2.05) is 18.2 Å². The van der Waals surface area contributed by atoms with Gasteiger partial charge in [0.2, 0.25) is 5.76 Å². The fraction of sp³-hybridized carbons (Fsp3) is 0.438. The molecule has 22 heavy (non-hydrogen) atoms. The van der Waals surface area contributed by atoms with Crippen molar-refractivity contribution < 1.29 is 18.3 Å². The normalized spacial score (nSPS) is 13.0. The number of rotatable bonds is 6. The molecule has 0 saturated carbocycles. The van der Waals surface area contributed by atoms with Crippen LogP contribution in [0, 0.1) is 0 Å². The third kappa shape index (κ3) is 4.47. The van der Waals surface area contributed by atoms with E-state index >= 15 is 0 Å². The van der Waals surface area contributed by atoms with Gasteiger partial charge in [0.25, 0.3) is 0 Å². The van der Waals surface area contributed by atoms with Crippen molar-refractivity contribution in [3.63, 3.8) is 0 Å². The van der Waals surface area contributed by atoms with Crippen LogP contribution in [0.3, 0.4) is 0 Å². The lowest BCUT2D eigenvalue weighted by Gasteiger charge is -2.02. The topological polar surface area (TPSA) is 33.1 Å². The minimum absolute atomic E-state index is 0.160. The predicted octanol–water partition coefficient (Wildman–Crippen LogP) is 5.88. The third-order valence-electron chi connectivity index (χ3n) is 3.34. The van der Waals surface area contributed by atoms with Crippen LogP contribution in [0.15, 0.2) is 24.0 Å². The molecule has 0 spiro atoms. The van der Waals surface area contributed by atoms with E-state index in [1.54, 1.807) is 0 Å². The number of fused-ring (bicyclic) bond motifs is 1. The Balaban J connectivity index is 2.14. The van der Waals surface area contributed by atoms with Gasteiger partial charge in [-0.05, 0) is 30.5 Å². The van der Waals surface area contributed by atoms with Crippen molar-refractivity contribution >= 4 is 27.6 Å². The maximum Gasteiger partial charge on any atom is 0.448 e. The van der Waals surface area contributed by atoms with Gasteiger partial charge in [0, 0.05) is 6.08 Å². The molecule has 0 aliphatic rings. The van der Waals surface area contributed by atoms with Crippen LogP contribution >= 0.6 is 11.3 Å². The second-order valence-corrected chi connectivity index (χ2v) is 6.25. The number of nitrogens with zero attached hydrogens (tertiary/aromatic N) is 1. The lowest BCUT2D eigenvalue weighted by molar-refractivity contribution is -0.119. The standard InChI is InChI=1S/C16H18F3NOS/c1-2-3-4-5-6-11-7-8-12-13(9-11)22-15(20-12)10-14(21)16(17,18)19/h7-10,21H,2-6H2,1H3. The van der Waals surface area contributed by atoms with Crippen LogP contribution in [0.1, 0.15) is 43.2 Å². The van der Waals surface area contributed by atoms with Crippen LogP contribution in [0.5, 0.6) is 0 Å². The van der Waals surface area contributed by atoms with Crippen LogP contribution in [0.4, 0.5) is 13.2 Å². The molecule has 1 N–H and O–H groups in total. The van der Waals surface area contributed by atoms with E-state index < -0.39 is 11.9 Å². The van der Waals surface area contributed by atoms with E-state index in [-0.39, 0.29) is 5.01 Å². The first-order valence-corrected chi connectivity index (χ1v) is 8.09. The van der Waals surface area contributed by atoms with Crippen molar-refractivity contribution in [1.29, 1.82) is 0 Å². The van der Waals surface area contributed by atoms with Crippen LogP contribution < -0.4 is 0 Å². The number of allylic oxidation sites excluding steroid dienone is 1. The quantitative estimate of drug-likeness (QED) is 0.530. The molecular weight excluding hydrogens is 311 g/mol. The zero-order valence-electron chi connectivity index (χ0n) is 12.3. The van der Waals surface area contributed by atoms with Gasteiger partial charge in [0.1, 0.15) is 5.01 Å². The minimum Gasteiger partial charge on any atom is -0.504 e. The predicted molar refractivity (Wildman–Crippen MR) is 84.1 cm³/mol. The molecule has 0 amide bonds. The summed E-state index contributed by atoms with van der Waals surface area (Å²) >= 11 is 1.15. The van der Waals surface area contributed by atoms with Gasteiger partial charge in [-0.2, -0.15) is 13.2 Å². The molecular formula is C16H18F3NOS. The number of hydrogen-bond acceptors (Lipinski definition) is 3. The molecule has 0 aliphatic heterocycles. The minimum atomic E-state index is -4.73. The molecule has 0 bridgehead atoms. The molecule has 0 aliphatic carbocycles. The van der Waals surface area contributed by atoms with Crippen molar-refractivity contribution in [2.75, 3.05) is 0 Å². The highest BCUT2D eigenvalue weighted by atomic mass is 32.1. The number of unbranched alkanes of at least 4 members (excludes halogenated alkanes) is 3. The van der Waals surface area contributed by atoms with Crippen molar-refractivity contribution in [1.82, 2.24) is 4.98 Å². The highest BCUT2D eigenvalue weighted by Crippen LogP contribution is 2.29. The van der Waals surface area contributed by atoms with E-state index in [0.29, 0.717) is 11.6 Å². The Bertz CT molecular complexity index is 661. The van der Waals surface area contributed by atoms with E-state index in [0.717, 1.165) is 28.9 Å². The summed E-state index contributed by atoms with van der Waals surface area (Å²) in [6, 6.07) is 5.76. The summed E-state index contributed by atoms with van der Waals surface area (Å²) < 4.78 is 37.8. The number of alkyl halides is 3. The highest BCUT2D eigenvalue weighted by Gasteiger charge is 2.33. The molecule has 0 unspecified atom stereocenters. The Hall–Kier alpha value is -1.56. The number of aliphatic hydroxyl groups excluding tert-OH is 1. The molecule has 0 radical (unpaired) electrons. The van der Waals surface area contributed by atoms with Crippen molar-refractivity contribution in [2.45, 2.75) is 45.2 Å². The van der Waals surface area contributed by atoms with E-state index in [9.17, 15) is 13.2 Å². The summed E-state index contributed by atoms with van der Waals surface area (Å²) in [7, 11) is 0. The maximum atomic E-state index is 12.3. The first-order valence-electron chi connectivity index (χ1n) is 7.27. The van der Waals surface area contributed by atoms with Crippen molar-refractivity contribution in [3.8, 4) is 0 Å². The lowest BCUT2D eigenvalue weighted by atomic mass is 10.1. The second kappa shape index (κ2) is 7.13. The van der Waals surface area contributed by atoms with Crippen molar-refractivity contribution in [3.05, 3.63) is 34.5 Å². The summed E-state index contributed by atoms with van der Waals surface area (Å²) in [5.41, 5.74) is 1.83. The summed E-state index contributed by atoms with van der Waals surface area (Å²) in [6.45, 7) is 2.16. The molecule has 2 rings (SSSR count). The fourth-order valence-electron chi connectivity index (χ4n) is 2.16. The van der Waals surface area contributed by atoms with Gasteiger partial charge in [-0.15, -0.1) is 11.3 Å². The summed E-state index contributed by atoms with van der Waals surface area (Å²) in [5, 5.41) is 9.15. The van der Waals surface area contributed by atoms with Crippen LogP contribution in [-0.2, 0) is 6.42 Å². The van der Waals surface area contributed by atoms with Crippen LogP contribution in [0.25, 0.3) is 16.3 Å². The third-order valence-corrected chi connectivity index (χ3v) is 4.30. The molecule has 2 nitrogen and oxygen atoms in total. The van der Waals surface area contributed by atoms with E-state index in [1.165, 1.54) is 24.8 Å².